The highest BCUT2D eigenvalue weighted by Gasteiger charge is 2.16. The minimum Gasteiger partial charge on any atom is -0.304 e. The lowest BCUT2D eigenvalue weighted by Crippen LogP contribution is -2.32. The van der Waals surface area contributed by atoms with Crippen molar-refractivity contribution in [3.05, 3.63) is 54.1 Å². The molecule has 1 aromatic heterocycles. The smallest absolute Gasteiger partial charge is 0.242 e. The van der Waals surface area contributed by atoms with Crippen molar-refractivity contribution in [1.29, 1.82) is 0 Å². The van der Waals surface area contributed by atoms with E-state index in [1.54, 1.807) is 11.1 Å². The van der Waals surface area contributed by atoms with Crippen molar-refractivity contribution in [3.63, 3.8) is 0 Å². The van der Waals surface area contributed by atoms with Crippen LogP contribution in [0.3, 0.4) is 0 Å². The fourth-order valence-corrected chi connectivity index (χ4v) is 1.87. The Morgan fingerprint density at radius 3 is 2.63 bits per heavy atom. The molecular weight excluding hydrogens is 262 g/mol. The molecule has 1 amide bonds. The molecule has 0 unspecified atom stereocenters. The largest absolute Gasteiger partial charge is 0.304 e. The first-order chi connectivity index (χ1) is 9.20. The molecule has 0 aliphatic heterocycles. The third-order valence-electron chi connectivity index (χ3n) is 2.63. The number of hydrogen-bond acceptors (Lipinski definition) is 3. The molecule has 0 spiro atoms. The number of hydrogen-bond donors (Lipinski definition) is 0. The van der Waals surface area contributed by atoms with Crippen LogP contribution in [-0.4, -0.2) is 21.8 Å². The first-order valence-corrected chi connectivity index (χ1v) is 6.44. The number of amides is 1. The van der Waals surface area contributed by atoms with Crippen LogP contribution in [0.5, 0.6) is 0 Å². The molecule has 0 atom stereocenters. The number of alkyl halides is 1. The quantitative estimate of drug-likeness (QED) is 0.806. The summed E-state index contributed by atoms with van der Waals surface area (Å²) in [5.41, 5.74) is 1.66. The molecule has 2 rings (SSSR count). The molecule has 2 aromatic rings. The van der Waals surface area contributed by atoms with E-state index in [-0.39, 0.29) is 11.8 Å². The average Bonchev–Trinajstić information content (AvgIpc) is 2.45. The van der Waals surface area contributed by atoms with Crippen molar-refractivity contribution in [2.24, 2.45) is 0 Å². The number of carbonyl (C=O) groups excluding carboxylic acids is 1. The Balaban J connectivity index is 2.27. The second-order valence-corrected chi connectivity index (χ2v) is 4.33. The summed E-state index contributed by atoms with van der Waals surface area (Å²) in [7, 11) is 0. The van der Waals surface area contributed by atoms with Gasteiger partial charge in [-0.2, -0.15) is 0 Å². The van der Waals surface area contributed by atoms with Gasteiger partial charge in [0.1, 0.15) is 11.7 Å². The van der Waals surface area contributed by atoms with E-state index in [2.05, 4.69) is 9.97 Å². The molecule has 0 fully saturated rings. The summed E-state index contributed by atoms with van der Waals surface area (Å²) in [6.45, 7) is 2.21. The molecule has 19 heavy (non-hydrogen) atoms. The number of carbonyl (C=O) groups is 1. The Kier molecular flexibility index (Phi) is 4.47. The van der Waals surface area contributed by atoms with Crippen LogP contribution in [0.2, 0.25) is 0 Å². The molecule has 0 N–H and O–H groups in total. The highest BCUT2D eigenvalue weighted by molar-refractivity contribution is 6.29. The van der Waals surface area contributed by atoms with Gasteiger partial charge in [0.25, 0.3) is 0 Å². The Hall–Kier alpha value is -1.94. The van der Waals surface area contributed by atoms with E-state index in [9.17, 15) is 4.79 Å². The van der Waals surface area contributed by atoms with Gasteiger partial charge in [0.05, 0.1) is 6.54 Å². The second kappa shape index (κ2) is 6.29. The average molecular weight is 276 g/mol. The number of benzene rings is 1. The lowest BCUT2D eigenvalue weighted by atomic mass is 10.3. The lowest BCUT2D eigenvalue weighted by Gasteiger charge is -2.21. The van der Waals surface area contributed by atoms with Gasteiger partial charge < -0.3 is 4.90 Å². The summed E-state index contributed by atoms with van der Waals surface area (Å²) >= 11 is 5.66. The van der Waals surface area contributed by atoms with Gasteiger partial charge in [-0.25, -0.2) is 9.97 Å². The normalized spacial score (nSPS) is 10.2. The molecule has 98 valence electrons. The molecule has 5 heteroatoms. The molecule has 0 aliphatic carbocycles. The zero-order valence-corrected chi connectivity index (χ0v) is 11.3. The Morgan fingerprint density at radius 1 is 1.26 bits per heavy atom. The highest BCUT2D eigenvalue weighted by atomic mass is 35.5. The van der Waals surface area contributed by atoms with Crippen LogP contribution in [0.15, 0.2) is 42.6 Å². The molecule has 1 heterocycles. The number of anilines is 1. The minimum atomic E-state index is -0.169. The third kappa shape index (κ3) is 3.51. The van der Waals surface area contributed by atoms with Gasteiger partial charge in [0.2, 0.25) is 5.91 Å². The second-order valence-electron chi connectivity index (χ2n) is 4.06. The molecule has 0 radical (unpaired) electrons. The number of rotatable bonds is 4. The number of nitrogens with zero attached hydrogens (tertiary/aromatic N) is 3. The number of halogens is 1. The SMILES string of the molecule is Cc1ccnc(CN(C(=O)CCl)c2ccccc2)n1. The fraction of sp³-hybridized carbons (Fsp3) is 0.214. The van der Waals surface area contributed by atoms with Crippen LogP contribution in [-0.2, 0) is 11.3 Å². The van der Waals surface area contributed by atoms with Gasteiger partial charge in [-0.1, -0.05) is 18.2 Å². The zero-order chi connectivity index (χ0) is 13.7. The van der Waals surface area contributed by atoms with Crippen molar-refractivity contribution in [2.45, 2.75) is 13.5 Å². The van der Waals surface area contributed by atoms with E-state index < -0.39 is 0 Å². The summed E-state index contributed by atoms with van der Waals surface area (Å²) in [5, 5.41) is 0. The topological polar surface area (TPSA) is 46.1 Å². The molecular formula is C14H14ClN3O. The van der Waals surface area contributed by atoms with E-state index in [0.717, 1.165) is 11.4 Å². The maximum Gasteiger partial charge on any atom is 0.242 e. The van der Waals surface area contributed by atoms with Crippen LogP contribution in [0.4, 0.5) is 5.69 Å². The number of aromatic nitrogens is 2. The van der Waals surface area contributed by atoms with Gasteiger partial charge >= 0.3 is 0 Å². The maximum absolute atomic E-state index is 11.9. The predicted octanol–water partition coefficient (Wildman–Crippen LogP) is 2.56. The predicted molar refractivity (Wildman–Crippen MR) is 75.1 cm³/mol. The highest BCUT2D eigenvalue weighted by Crippen LogP contribution is 2.16. The van der Waals surface area contributed by atoms with E-state index >= 15 is 0 Å². The summed E-state index contributed by atoms with van der Waals surface area (Å²) in [5.74, 6) is 0.362. The van der Waals surface area contributed by atoms with Crippen LogP contribution in [0, 0.1) is 6.92 Å². The van der Waals surface area contributed by atoms with Crippen LogP contribution >= 0.6 is 11.6 Å². The van der Waals surface area contributed by atoms with Gasteiger partial charge in [-0.3, -0.25) is 4.79 Å². The summed E-state index contributed by atoms with van der Waals surface area (Å²) < 4.78 is 0. The molecule has 0 saturated heterocycles. The number of para-hydroxylation sites is 1. The lowest BCUT2D eigenvalue weighted by molar-refractivity contribution is -0.116. The Morgan fingerprint density at radius 2 is 2.00 bits per heavy atom. The molecule has 0 saturated carbocycles. The van der Waals surface area contributed by atoms with E-state index in [0.29, 0.717) is 12.4 Å². The van der Waals surface area contributed by atoms with E-state index in [4.69, 9.17) is 11.6 Å². The standard InChI is InChI=1S/C14H14ClN3O/c1-11-7-8-16-13(17-11)10-18(14(19)9-15)12-5-3-2-4-6-12/h2-8H,9-10H2,1H3. The third-order valence-corrected chi connectivity index (χ3v) is 2.86. The molecule has 0 bridgehead atoms. The maximum atomic E-state index is 11.9. The number of aryl methyl sites for hydroxylation is 1. The monoisotopic (exact) mass is 275 g/mol. The van der Waals surface area contributed by atoms with Crippen molar-refractivity contribution in [3.8, 4) is 0 Å². The zero-order valence-electron chi connectivity index (χ0n) is 10.6. The van der Waals surface area contributed by atoms with E-state index in [1.807, 2.05) is 43.3 Å². The van der Waals surface area contributed by atoms with Gasteiger partial charge in [0.15, 0.2) is 0 Å². The Labute approximate surface area is 117 Å². The molecule has 0 aliphatic rings. The summed E-state index contributed by atoms with van der Waals surface area (Å²) in [6, 6.07) is 11.2. The van der Waals surface area contributed by atoms with Crippen molar-refractivity contribution in [2.75, 3.05) is 10.8 Å². The summed E-state index contributed by atoms with van der Waals surface area (Å²) in [6.07, 6.45) is 1.69. The van der Waals surface area contributed by atoms with Gasteiger partial charge in [0, 0.05) is 17.6 Å². The Bertz CT molecular complexity index is 560. The van der Waals surface area contributed by atoms with Gasteiger partial charge in [-0.05, 0) is 25.1 Å². The first-order valence-electron chi connectivity index (χ1n) is 5.90. The van der Waals surface area contributed by atoms with Crippen LogP contribution in [0.1, 0.15) is 11.5 Å². The first kappa shape index (κ1) is 13.5. The van der Waals surface area contributed by atoms with E-state index in [1.165, 1.54) is 0 Å². The fourth-order valence-electron chi connectivity index (χ4n) is 1.72. The van der Waals surface area contributed by atoms with Crippen molar-refractivity contribution < 1.29 is 4.79 Å². The molecule has 4 nitrogen and oxygen atoms in total. The van der Waals surface area contributed by atoms with Crippen LogP contribution < -0.4 is 4.90 Å². The summed E-state index contributed by atoms with van der Waals surface area (Å²) in [4.78, 5) is 22.0. The van der Waals surface area contributed by atoms with Crippen LogP contribution in [0.25, 0.3) is 0 Å². The van der Waals surface area contributed by atoms with Gasteiger partial charge in [-0.15, -0.1) is 11.6 Å². The molecule has 1 aromatic carbocycles. The van der Waals surface area contributed by atoms with Crippen molar-refractivity contribution >= 4 is 23.2 Å². The minimum absolute atomic E-state index is 0.0687. The van der Waals surface area contributed by atoms with Crippen molar-refractivity contribution in [1.82, 2.24) is 9.97 Å².